The maximum atomic E-state index is 11.0. The van der Waals surface area contributed by atoms with Crippen molar-refractivity contribution in [3.05, 3.63) is 66.8 Å². The summed E-state index contributed by atoms with van der Waals surface area (Å²) in [6.45, 7) is 2.74. The van der Waals surface area contributed by atoms with Crippen LogP contribution in [0.4, 0.5) is 5.82 Å². The molecular formula is C21H19N5O. The van der Waals surface area contributed by atoms with Crippen LogP contribution in [0, 0.1) is 0 Å². The molecule has 3 heterocycles. The third-order valence-corrected chi connectivity index (χ3v) is 5.38. The van der Waals surface area contributed by atoms with Crippen molar-refractivity contribution < 1.29 is 5.21 Å². The minimum Gasteiger partial charge on any atom is -0.326 e. The van der Waals surface area contributed by atoms with Crippen molar-refractivity contribution >= 4 is 33.8 Å². The van der Waals surface area contributed by atoms with Crippen LogP contribution in [0.25, 0.3) is 28.0 Å². The maximum absolute atomic E-state index is 11.0. The third-order valence-electron chi connectivity index (χ3n) is 5.38. The van der Waals surface area contributed by atoms with Crippen LogP contribution in [-0.2, 0) is 6.54 Å². The second-order valence-corrected chi connectivity index (χ2v) is 7.13. The largest absolute Gasteiger partial charge is 0.326 e. The van der Waals surface area contributed by atoms with Crippen molar-refractivity contribution in [1.29, 1.82) is 0 Å². The van der Waals surface area contributed by atoms with E-state index in [1.165, 1.54) is 22.2 Å². The van der Waals surface area contributed by atoms with Crippen molar-refractivity contribution in [2.45, 2.75) is 25.4 Å². The van der Waals surface area contributed by atoms with Crippen LogP contribution in [0.2, 0.25) is 0 Å². The third kappa shape index (κ3) is 2.49. The van der Waals surface area contributed by atoms with Crippen LogP contribution < -0.4 is 5.06 Å². The molecule has 0 aliphatic carbocycles. The number of aryl methyl sites for hydroxylation is 1. The van der Waals surface area contributed by atoms with E-state index in [1.807, 2.05) is 23.6 Å². The predicted octanol–water partition coefficient (Wildman–Crippen LogP) is 4.05. The number of nitrogens with zero attached hydrogens (tertiary/aromatic N) is 5. The summed E-state index contributed by atoms with van der Waals surface area (Å²) < 4.78 is 2.00. The molecule has 1 atom stereocenters. The zero-order chi connectivity index (χ0) is 18.4. The van der Waals surface area contributed by atoms with E-state index in [2.05, 4.69) is 57.4 Å². The van der Waals surface area contributed by atoms with Crippen LogP contribution in [0.15, 0.2) is 61.2 Å². The molecule has 0 spiro atoms. The lowest BCUT2D eigenvalue weighted by Gasteiger charge is -2.33. The Morgan fingerprint density at radius 1 is 1.07 bits per heavy atom. The summed E-state index contributed by atoms with van der Waals surface area (Å²) >= 11 is 0. The molecule has 1 aliphatic rings. The molecule has 0 radical (unpaired) electrons. The van der Waals surface area contributed by atoms with Gasteiger partial charge in [0.15, 0.2) is 11.5 Å². The highest BCUT2D eigenvalue weighted by Crippen LogP contribution is 2.34. The SMILES string of the molecule is CC1(/C=C/c2cccc3ccccc23)CCn2cnc3ncnc(c32)N1O. The van der Waals surface area contributed by atoms with Crippen LogP contribution in [0.5, 0.6) is 0 Å². The average Bonchev–Trinajstić information content (AvgIpc) is 3.09. The average molecular weight is 357 g/mol. The van der Waals surface area contributed by atoms with E-state index in [9.17, 15) is 5.21 Å². The number of rotatable bonds is 2. The Morgan fingerprint density at radius 2 is 1.93 bits per heavy atom. The summed E-state index contributed by atoms with van der Waals surface area (Å²) in [7, 11) is 0. The predicted molar refractivity (Wildman–Crippen MR) is 106 cm³/mol. The van der Waals surface area contributed by atoms with E-state index in [-0.39, 0.29) is 0 Å². The van der Waals surface area contributed by atoms with Crippen molar-refractivity contribution in [2.24, 2.45) is 0 Å². The lowest BCUT2D eigenvalue weighted by atomic mass is 9.94. The smallest absolute Gasteiger partial charge is 0.183 e. The molecule has 0 bridgehead atoms. The lowest BCUT2D eigenvalue weighted by Crippen LogP contribution is -2.43. The molecule has 1 unspecified atom stereocenters. The minimum absolute atomic E-state index is 0.486. The van der Waals surface area contributed by atoms with Crippen molar-refractivity contribution in [3.63, 3.8) is 0 Å². The zero-order valence-corrected chi connectivity index (χ0v) is 14.9. The summed E-state index contributed by atoms with van der Waals surface area (Å²) in [6, 6.07) is 14.6. The highest BCUT2D eigenvalue weighted by atomic mass is 16.5. The number of hydroxylamine groups is 1. The Hall–Kier alpha value is -3.25. The summed E-state index contributed by atoms with van der Waals surface area (Å²) in [5.74, 6) is 0.486. The molecule has 1 N–H and O–H groups in total. The van der Waals surface area contributed by atoms with Crippen molar-refractivity contribution in [2.75, 3.05) is 5.06 Å². The summed E-state index contributed by atoms with van der Waals surface area (Å²) in [5.41, 5.74) is 1.89. The van der Waals surface area contributed by atoms with Gasteiger partial charge in [0.1, 0.15) is 11.8 Å². The summed E-state index contributed by atoms with van der Waals surface area (Å²) in [6.07, 6.45) is 8.06. The Morgan fingerprint density at radius 3 is 2.85 bits per heavy atom. The fourth-order valence-electron chi connectivity index (χ4n) is 3.73. The van der Waals surface area contributed by atoms with Gasteiger partial charge in [0.2, 0.25) is 0 Å². The normalized spacial score (nSPS) is 19.9. The van der Waals surface area contributed by atoms with Gasteiger partial charge < -0.3 is 4.57 Å². The van der Waals surface area contributed by atoms with Crippen LogP contribution in [-0.4, -0.2) is 30.3 Å². The van der Waals surface area contributed by atoms with Gasteiger partial charge in [-0.15, -0.1) is 0 Å². The zero-order valence-electron chi connectivity index (χ0n) is 14.9. The number of hydrogen-bond donors (Lipinski definition) is 1. The molecule has 4 aromatic rings. The first kappa shape index (κ1) is 16.0. The standard InChI is InChI=1S/C21H19N5O/c1-21(10-9-16-7-4-6-15-5-2-3-8-17(15)16)11-12-25-14-24-19-18(25)20(26(21)27)23-13-22-19/h2-10,13-14,27H,11-12H2,1H3/b10-9+. The quantitative estimate of drug-likeness (QED) is 0.586. The molecule has 6 heteroatoms. The molecule has 0 saturated heterocycles. The molecule has 0 saturated carbocycles. The van der Waals surface area contributed by atoms with Gasteiger partial charge in [0.25, 0.3) is 0 Å². The summed E-state index contributed by atoms with van der Waals surface area (Å²) in [4.78, 5) is 12.8. The first-order valence-corrected chi connectivity index (χ1v) is 8.98. The molecule has 1 aliphatic heterocycles. The number of hydrogen-bond acceptors (Lipinski definition) is 5. The van der Waals surface area contributed by atoms with Gasteiger partial charge in [-0.3, -0.25) is 5.21 Å². The van der Waals surface area contributed by atoms with Crippen molar-refractivity contribution in [1.82, 2.24) is 19.5 Å². The minimum atomic E-state index is -0.600. The monoisotopic (exact) mass is 357 g/mol. The highest BCUT2D eigenvalue weighted by molar-refractivity contribution is 5.91. The van der Waals surface area contributed by atoms with Gasteiger partial charge in [0, 0.05) is 6.54 Å². The topological polar surface area (TPSA) is 67.1 Å². The number of anilines is 1. The van der Waals surface area contributed by atoms with Crippen LogP contribution in [0.1, 0.15) is 18.9 Å². The van der Waals surface area contributed by atoms with Gasteiger partial charge >= 0.3 is 0 Å². The fourth-order valence-corrected chi connectivity index (χ4v) is 3.73. The van der Waals surface area contributed by atoms with E-state index in [1.54, 1.807) is 6.33 Å². The summed E-state index contributed by atoms with van der Waals surface area (Å²) in [5, 5.41) is 14.7. The van der Waals surface area contributed by atoms with E-state index >= 15 is 0 Å². The molecule has 0 fully saturated rings. The molecule has 27 heavy (non-hydrogen) atoms. The van der Waals surface area contributed by atoms with Crippen molar-refractivity contribution in [3.8, 4) is 0 Å². The Kier molecular flexibility index (Phi) is 3.48. The Labute approximate surface area is 156 Å². The van der Waals surface area contributed by atoms with Gasteiger partial charge in [0.05, 0.1) is 11.9 Å². The maximum Gasteiger partial charge on any atom is 0.183 e. The number of imidazole rings is 1. The first-order chi connectivity index (χ1) is 13.2. The van der Waals surface area contributed by atoms with E-state index < -0.39 is 5.54 Å². The van der Waals surface area contributed by atoms with E-state index in [0.717, 1.165) is 17.6 Å². The van der Waals surface area contributed by atoms with E-state index in [4.69, 9.17) is 0 Å². The first-order valence-electron chi connectivity index (χ1n) is 8.98. The molecule has 6 nitrogen and oxygen atoms in total. The van der Waals surface area contributed by atoms with Crippen LogP contribution in [0.3, 0.4) is 0 Å². The van der Waals surface area contributed by atoms with Gasteiger partial charge in [-0.2, -0.15) is 0 Å². The Balaban J connectivity index is 1.58. The molecular weight excluding hydrogens is 338 g/mol. The fraction of sp³-hybridized carbons (Fsp3) is 0.190. The van der Waals surface area contributed by atoms with Gasteiger partial charge in [-0.25, -0.2) is 20.0 Å². The second kappa shape index (κ2) is 5.89. The number of fused-ring (bicyclic) bond motifs is 1. The highest BCUT2D eigenvalue weighted by Gasteiger charge is 2.34. The molecule has 5 rings (SSSR count). The second-order valence-electron chi connectivity index (χ2n) is 7.13. The molecule has 2 aromatic heterocycles. The number of benzene rings is 2. The van der Waals surface area contributed by atoms with E-state index in [0.29, 0.717) is 17.9 Å². The molecule has 0 amide bonds. The van der Waals surface area contributed by atoms with Crippen LogP contribution >= 0.6 is 0 Å². The number of aromatic nitrogens is 4. The Bertz CT molecular complexity index is 1180. The van der Waals surface area contributed by atoms with Gasteiger partial charge in [-0.1, -0.05) is 54.6 Å². The van der Waals surface area contributed by atoms with Gasteiger partial charge in [-0.05, 0) is 29.7 Å². The molecule has 134 valence electrons. The lowest BCUT2D eigenvalue weighted by molar-refractivity contribution is 0.178. The molecule has 2 aromatic carbocycles.